The molecule has 2 rings (SSSR count). The van der Waals surface area contributed by atoms with Crippen molar-refractivity contribution in [1.82, 2.24) is 4.90 Å². The van der Waals surface area contributed by atoms with Gasteiger partial charge in [-0.05, 0) is 23.3 Å². The Labute approximate surface area is 104 Å². The molecule has 1 aromatic carbocycles. The number of halogens is 1. The van der Waals surface area contributed by atoms with Crippen LogP contribution in [0.5, 0.6) is 0 Å². The molecule has 1 unspecified atom stereocenters. The highest BCUT2D eigenvalue weighted by Gasteiger charge is 2.47. The zero-order chi connectivity index (χ0) is 12.6. The number of likely N-dealkylation sites (N-methyl/N-ethyl adjacent to an activating group) is 1. The standard InChI is InChI=1S/C12H12ClNO3/c1-14(7-15)12(11(16)17)5-8-2-3-10(13)4-9(8)6-12/h2-4,7H,5-6H2,1H3,(H,16,17). The third-order valence-electron chi connectivity index (χ3n) is 3.37. The number of carboxylic acids is 1. The molecule has 1 aromatic rings. The van der Waals surface area contributed by atoms with Gasteiger partial charge in [0.2, 0.25) is 6.41 Å². The quantitative estimate of drug-likeness (QED) is 0.828. The molecule has 0 aliphatic heterocycles. The molecule has 1 N–H and O–H groups in total. The van der Waals surface area contributed by atoms with Crippen molar-refractivity contribution in [2.45, 2.75) is 18.4 Å². The summed E-state index contributed by atoms with van der Waals surface area (Å²) in [7, 11) is 1.49. The Morgan fingerprint density at radius 2 is 2.12 bits per heavy atom. The van der Waals surface area contributed by atoms with Gasteiger partial charge in [0.05, 0.1) is 0 Å². The summed E-state index contributed by atoms with van der Waals surface area (Å²) in [5.74, 6) is -0.987. The molecule has 0 saturated carbocycles. The van der Waals surface area contributed by atoms with Crippen LogP contribution in [0.1, 0.15) is 11.1 Å². The number of carbonyl (C=O) groups is 2. The maximum Gasteiger partial charge on any atom is 0.330 e. The van der Waals surface area contributed by atoms with Gasteiger partial charge >= 0.3 is 5.97 Å². The van der Waals surface area contributed by atoms with Gasteiger partial charge in [-0.1, -0.05) is 17.7 Å². The van der Waals surface area contributed by atoms with Gasteiger partial charge < -0.3 is 10.0 Å². The lowest BCUT2D eigenvalue weighted by molar-refractivity contribution is -0.153. The van der Waals surface area contributed by atoms with E-state index >= 15 is 0 Å². The summed E-state index contributed by atoms with van der Waals surface area (Å²) in [4.78, 5) is 23.5. The third-order valence-corrected chi connectivity index (χ3v) is 3.60. The van der Waals surface area contributed by atoms with Crippen molar-refractivity contribution in [1.29, 1.82) is 0 Å². The second kappa shape index (κ2) is 4.04. The Kier molecular flexibility index (Phi) is 2.83. The Bertz CT molecular complexity index is 489. The van der Waals surface area contributed by atoms with E-state index in [1.807, 2.05) is 6.07 Å². The molecule has 5 heteroatoms. The van der Waals surface area contributed by atoms with E-state index in [2.05, 4.69) is 0 Å². The average Bonchev–Trinajstić information content (AvgIpc) is 2.67. The van der Waals surface area contributed by atoms with Gasteiger partial charge in [0.1, 0.15) is 5.54 Å². The van der Waals surface area contributed by atoms with Gasteiger partial charge in [0, 0.05) is 24.9 Å². The molecular weight excluding hydrogens is 242 g/mol. The molecule has 0 fully saturated rings. The molecule has 0 radical (unpaired) electrons. The van der Waals surface area contributed by atoms with Crippen molar-refractivity contribution in [2.75, 3.05) is 7.05 Å². The largest absolute Gasteiger partial charge is 0.479 e. The predicted octanol–water partition coefficient (Wildman–Crippen LogP) is 1.35. The highest BCUT2D eigenvalue weighted by Crippen LogP contribution is 2.35. The first-order valence-electron chi connectivity index (χ1n) is 5.18. The second-order valence-corrected chi connectivity index (χ2v) is 4.76. The highest BCUT2D eigenvalue weighted by atomic mass is 35.5. The van der Waals surface area contributed by atoms with Crippen molar-refractivity contribution in [3.05, 3.63) is 34.3 Å². The topological polar surface area (TPSA) is 57.6 Å². The minimum absolute atomic E-state index is 0.299. The van der Waals surface area contributed by atoms with Gasteiger partial charge in [-0.2, -0.15) is 0 Å². The van der Waals surface area contributed by atoms with Crippen LogP contribution >= 0.6 is 11.6 Å². The lowest BCUT2D eigenvalue weighted by atomic mass is 9.94. The molecule has 0 spiro atoms. The number of hydrogen-bond acceptors (Lipinski definition) is 2. The first kappa shape index (κ1) is 11.9. The smallest absolute Gasteiger partial charge is 0.330 e. The average molecular weight is 254 g/mol. The summed E-state index contributed by atoms with van der Waals surface area (Å²) in [6.45, 7) is 0. The van der Waals surface area contributed by atoms with Crippen LogP contribution in [0.2, 0.25) is 5.02 Å². The van der Waals surface area contributed by atoms with Gasteiger partial charge in [0.15, 0.2) is 0 Å². The molecular formula is C12H12ClNO3. The van der Waals surface area contributed by atoms with Crippen molar-refractivity contribution in [3.63, 3.8) is 0 Å². The van der Waals surface area contributed by atoms with Crippen molar-refractivity contribution < 1.29 is 14.7 Å². The summed E-state index contributed by atoms with van der Waals surface area (Å²) in [5.41, 5.74) is 0.661. The number of carbonyl (C=O) groups excluding carboxylic acids is 1. The lowest BCUT2D eigenvalue weighted by Gasteiger charge is -2.31. The minimum Gasteiger partial charge on any atom is -0.479 e. The van der Waals surface area contributed by atoms with Crippen LogP contribution < -0.4 is 0 Å². The molecule has 90 valence electrons. The van der Waals surface area contributed by atoms with E-state index in [1.54, 1.807) is 12.1 Å². The van der Waals surface area contributed by atoms with Gasteiger partial charge in [0.25, 0.3) is 0 Å². The summed E-state index contributed by atoms with van der Waals surface area (Å²) in [6, 6.07) is 5.32. The van der Waals surface area contributed by atoms with E-state index < -0.39 is 11.5 Å². The molecule has 0 heterocycles. The number of fused-ring (bicyclic) bond motifs is 1. The highest BCUT2D eigenvalue weighted by molar-refractivity contribution is 6.30. The predicted molar refractivity (Wildman–Crippen MR) is 63.1 cm³/mol. The number of nitrogens with zero attached hydrogens (tertiary/aromatic N) is 1. The van der Waals surface area contributed by atoms with E-state index in [9.17, 15) is 14.7 Å². The maximum atomic E-state index is 11.4. The zero-order valence-electron chi connectivity index (χ0n) is 9.31. The molecule has 4 nitrogen and oxygen atoms in total. The maximum absolute atomic E-state index is 11.4. The van der Waals surface area contributed by atoms with Crippen LogP contribution in [0.15, 0.2) is 18.2 Å². The molecule has 0 bridgehead atoms. The van der Waals surface area contributed by atoms with E-state index in [1.165, 1.54) is 11.9 Å². The summed E-state index contributed by atoms with van der Waals surface area (Å²) in [6.07, 6.45) is 1.18. The fourth-order valence-electron chi connectivity index (χ4n) is 2.28. The van der Waals surface area contributed by atoms with Crippen molar-refractivity contribution >= 4 is 24.0 Å². The first-order valence-corrected chi connectivity index (χ1v) is 5.56. The summed E-state index contributed by atoms with van der Waals surface area (Å²) in [5, 5.41) is 9.96. The molecule has 1 aliphatic rings. The summed E-state index contributed by atoms with van der Waals surface area (Å²) < 4.78 is 0. The molecule has 1 amide bonds. The van der Waals surface area contributed by atoms with Crippen LogP contribution in [0.3, 0.4) is 0 Å². The number of amides is 1. The Balaban J connectivity index is 2.44. The van der Waals surface area contributed by atoms with Crippen LogP contribution in [0, 0.1) is 0 Å². The third kappa shape index (κ3) is 1.78. The molecule has 1 aliphatic carbocycles. The number of rotatable bonds is 3. The fourth-order valence-corrected chi connectivity index (χ4v) is 2.47. The number of carboxylic acid groups (broad SMARTS) is 1. The number of benzene rings is 1. The lowest BCUT2D eigenvalue weighted by Crippen LogP contribution is -2.53. The molecule has 0 aromatic heterocycles. The van der Waals surface area contributed by atoms with E-state index in [-0.39, 0.29) is 0 Å². The Hall–Kier alpha value is -1.55. The van der Waals surface area contributed by atoms with Crippen LogP contribution in [-0.4, -0.2) is 35.0 Å². The molecule has 1 atom stereocenters. The van der Waals surface area contributed by atoms with Crippen LogP contribution in [0.25, 0.3) is 0 Å². The van der Waals surface area contributed by atoms with Gasteiger partial charge in [-0.15, -0.1) is 0 Å². The second-order valence-electron chi connectivity index (χ2n) is 4.32. The van der Waals surface area contributed by atoms with Crippen LogP contribution in [-0.2, 0) is 22.4 Å². The van der Waals surface area contributed by atoms with Crippen LogP contribution in [0.4, 0.5) is 0 Å². The van der Waals surface area contributed by atoms with E-state index in [0.717, 1.165) is 11.1 Å². The minimum atomic E-state index is -1.17. The normalized spacial score (nSPS) is 22.0. The van der Waals surface area contributed by atoms with Gasteiger partial charge in [-0.3, -0.25) is 4.79 Å². The molecule has 0 saturated heterocycles. The van der Waals surface area contributed by atoms with Gasteiger partial charge in [-0.25, -0.2) is 4.79 Å². The van der Waals surface area contributed by atoms with Crippen molar-refractivity contribution in [2.24, 2.45) is 0 Å². The SMILES string of the molecule is CN(C=O)C1(C(=O)O)Cc2ccc(Cl)cc2C1. The monoisotopic (exact) mass is 253 g/mol. The number of hydrogen-bond donors (Lipinski definition) is 1. The van der Waals surface area contributed by atoms with E-state index in [4.69, 9.17) is 11.6 Å². The number of aliphatic carboxylic acids is 1. The summed E-state index contributed by atoms with van der Waals surface area (Å²) >= 11 is 5.88. The fraction of sp³-hybridized carbons (Fsp3) is 0.333. The van der Waals surface area contributed by atoms with Crippen molar-refractivity contribution in [3.8, 4) is 0 Å². The van der Waals surface area contributed by atoms with E-state index in [0.29, 0.717) is 24.3 Å². The molecule has 17 heavy (non-hydrogen) atoms. The Morgan fingerprint density at radius 3 is 2.71 bits per heavy atom. The first-order chi connectivity index (χ1) is 7.99. The zero-order valence-corrected chi connectivity index (χ0v) is 10.1. The Morgan fingerprint density at radius 1 is 1.47 bits per heavy atom.